The summed E-state index contributed by atoms with van der Waals surface area (Å²) in [6, 6.07) is 4.54. The molecule has 0 atom stereocenters. The largest absolute Gasteiger partial charge is 0.508 e. The maximum atomic E-state index is 12.3. The first kappa shape index (κ1) is 16.6. The van der Waals surface area contributed by atoms with Crippen LogP contribution in [-0.4, -0.2) is 50.4 Å². The molecule has 0 fully saturated rings. The molecular formula is C15H17N5O5. The molecule has 2 aromatic rings. The molecule has 10 heteroatoms. The zero-order valence-electron chi connectivity index (χ0n) is 13.3. The van der Waals surface area contributed by atoms with Gasteiger partial charge in [0.25, 0.3) is 0 Å². The Hall–Kier alpha value is -3.30. The third kappa shape index (κ3) is 3.97. The van der Waals surface area contributed by atoms with Crippen molar-refractivity contribution >= 4 is 11.7 Å². The van der Waals surface area contributed by atoms with Gasteiger partial charge in [0.15, 0.2) is 0 Å². The van der Waals surface area contributed by atoms with Crippen molar-refractivity contribution in [3.63, 3.8) is 0 Å². The summed E-state index contributed by atoms with van der Waals surface area (Å²) < 4.78 is 6.95. The van der Waals surface area contributed by atoms with E-state index in [0.29, 0.717) is 32.0 Å². The fraction of sp³-hybridized carbons (Fsp3) is 0.333. The van der Waals surface area contributed by atoms with Crippen molar-refractivity contribution in [3.05, 3.63) is 46.3 Å². The Morgan fingerprint density at radius 2 is 2.32 bits per heavy atom. The number of carbonyl (C=O) groups excluding carboxylic acids is 1. The van der Waals surface area contributed by atoms with Crippen LogP contribution in [0.2, 0.25) is 0 Å². The first-order valence-corrected chi connectivity index (χ1v) is 7.67. The Labute approximate surface area is 142 Å². The van der Waals surface area contributed by atoms with Gasteiger partial charge in [-0.25, -0.2) is 4.79 Å². The molecule has 0 unspecified atom stereocenters. The summed E-state index contributed by atoms with van der Waals surface area (Å²) in [6.45, 7) is 1.73. The van der Waals surface area contributed by atoms with E-state index in [2.05, 4.69) is 10.4 Å². The van der Waals surface area contributed by atoms with E-state index in [1.54, 1.807) is 17.0 Å². The van der Waals surface area contributed by atoms with Crippen LogP contribution in [0.25, 0.3) is 0 Å². The summed E-state index contributed by atoms with van der Waals surface area (Å²) in [5.74, 6) is 0.684. The summed E-state index contributed by atoms with van der Waals surface area (Å²) in [6.07, 6.45) is 2.48. The van der Waals surface area contributed by atoms with Gasteiger partial charge in [-0.3, -0.25) is 14.8 Å². The van der Waals surface area contributed by atoms with Crippen molar-refractivity contribution in [2.75, 3.05) is 19.7 Å². The number of nitro groups is 1. The average molecular weight is 347 g/mol. The topological polar surface area (TPSA) is 123 Å². The van der Waals surface area contributed by atoms with E-state index in [-0.39, 0.29) is 24.0 Å². The highest BCUT2D eigenvalue weighted by atomic mass is 16.6. The number of nitrogens with zero attached hydrogens (tertiary/aromatic N) is 4. The fourth-order valence-electron chi connectivity index (χ4n) is 2.49. The number of hydrogen-bond donors (Lipinski definition) is 2. The zero-order chi connectivity index (χ0) is 17.8. The number of amides is 2. The van der Waals surface area contributed by atoms with Crippen LogP contribution in [-0.2, 0) is 13.1 Å². The summed E-state index contributed by atoms with van der Waals surface area (Å²) in [5.41, 5.74) is 0.726. The fourth-order valence-corrected chi connectivity index (χ4v) is 2.49. The minimum atomic E-state index is -0.519. The molecule has 10 nitrogen and oxygen atoms in total. The number of rotatable bonds is 4. The van der Waals surface area contributed by atoms with Gasteiger partial charge in [0.1, 0.15) is 30.5 Å². The van der Waals surface area contributed by atoms with E-state index in [0.717, 1.165) is 5.56 Å². The molecule has 132 valence electrons. The summed E-state index contributed by atoms with van der Waals surface area (Å²) in [4.78, 5) is 24.0. The maximum absolute atomic E-state index is 12.3. The van der Waals surface area contributed by atoms with E-state index in [4.69, 9.17) is 4.74 Å². The highest BCUT2D eigenvalue weighted by molar-refractivity contribution is 5.74. The van der Waals surface area contributed by atoms with Crippen LogP contribution in [0.1, 0.15) is 5.56 Å². The van der Waals surface area contributed by atoms with Crippen LogP contribution in [0.5, 0.6) is 11.5 Å². The van der Waals surface area contributed by atoms with Crippen LogP contribution >= 0.6 is 0 Å². The van der Waals surface area contributed by atoms with Crippen LogP contribution in [0.15, 0.2) is 30.6 Å². The third-order valence-electron chi connectivity index (χ3n) is 3.77. The lowest BCUT2D eigenvalue weighted by Crippen LogP contribution is -2.41. The number of aromatic nitrogens is 2. The first-order valence-electron chi connectivity index (χ1n) is 7.67. The molecule has 0 spiro atoms. The van der Waals surface area contributed by atoms with Gasteiger partial charge in [-0.15, -0.1) is 0 Å². The number of carbonyl (C=O) groups is 1. The van der Waals surface area contributed by atoms with Crippen molar-refractivity contribution < 1.29 is 19.6 Å². The molecule has 0 saturated carbocycles. The molecule has 1 aromatic carbocycles. The van der Waals surface area contributed by atoms with Crippen molar-refractivity contribution in [1.29, 1.82) is 0 Å². The smallest absolute Gasteiger partial charge is 0.317 e. The molecule has 2 amide bonds. The number of nitrogens with one attached hydrogen (secondary N) is 1. The Morgan fingerprint density at radius 3 is 3.08 bits per heavy atom. The van der Waals surface area contributed by atoms with Crippen LogP contribution in [0, 0.1) is 10.1 Å². The first-order chi connectivity index (χ1) is 12.0. The number of aromatic hydroxyl groups is 1. The SMILES string of the molecule is O=C(NCCn1cc([N+](=O)[O-])cn1)N1CCOc2cc(O)ccc2C1. The minimum absolute atomic E-state index is 0.0872. The number of benzene rings is 1. The van der Waals surface area contributed by atoms with Gasteiger partial charge in [0.05, 0.1) is 24.6 Å². The van der Waals surface area contributed by atoms with E-state index in [9.17, 15) is 20.0 Å². The lowest BCUT2D eigenvalue weighted by Gasteiger charge is -2.20. The Balaban J connectivity index is 1.54. The molecule has 1 aliphatic rings. The van der Waals surface area contributed by atoms with Gasteiger partial charge >= 0.3 is 11.7 Å². The Kier molecular flexibility index (Phi) is 4.68. The molecule has 0 bridgehead atoms. The molecule has 0 saturated heterocycles. The summed E-state index contributed by atoms with van der Waals surface area (Å²) in [5, 5.41) is 26.7. The second-order valence-electron chi connectivity index (χ2n) is 5.51. The number of ether oxygens (including phenoxy) is 1. The number of phenols is 1. The number of urea groups is 1. The maximum Gasteiger partial charge on any atom is 0.317 e. The predicted octanol–water partition coefficient (Wildman–Crippen LogP) is 1.10. The van der Waals surface area contributed by atoms with E-state index < -0.39 is 4.92 Å². The quantitative estimate of drug-likeness (QED) is 0.631. The van der Waals surface area contributed by atoms with E-state index in [1.165, 1.54) is 23.1 Å². The second-order valence-corrected chi connectivity index (χ2v) is 5.51. The van der Waals surface area contributed by atoms with Crippen molar-refractivity contribution in [2.24, 2.45) is 0 Å². The molecule has 25 heavy (non-hydrogen) atoms. The van der Waals surface area contributed by atoms with Crippen molar-refractivity contribution in [3.8, 4) is 11.5 Å². The molecule has 1 aliphatic heterocycles. The van der Waals surface area contributed by atoms with Crippen LogP contribution in [0.3, 0.4) is 0 Å². The monoisotopic (exact) mass is 347 g/mol. The normalized spacial score (nSPS) is 13.5. The minimum Gasteiger partial charge on any atom is -0.508 e. The molecule has 0 aliphatic carbocycles. The summed E-state index contributed by atoms with van der Waals surface area (Å²) >= 11 is 0. The number of fused-ring (bicyclic) bond motifs is 1. The number of hydrogen-bond acceptors (Lipinski definition) is 6. The molecule has 2 heterocycles. The Bertz CT molecular complexity index is 790. The zero-order valence-corrected chi connectivity index (χ0v) is 13.3. The van der Waals surface area contributed by atoms with E-state index in [1.807, 2.05) is 0 Å². The molecular weight excluding hydrogens is 330 g/mol. The Morgan fingerprint density at radius 1 is 1.48 bits per heavy atom. The van der Waals surface area contributed by atoms with Crippen LogP contribution in [0.4, 0.5) is 10.5 Å². The highest BCUT2D eigenvalue weighted by Gasteiger charge is 2.20. The number of phenolic OH excluding ortho intramolecular Hbond substituents is 1. The van der Waals surface area contributed by atoms with Crippen molar-refractivity contribution in [1.82, 2.24) is 20.0 Å². The van der Waals surface area contributed by atoms with Gasteiger partial charge in [-0.1, -0.05) is 0 Å². The molecule has 3 rings (SSSR count). The molecule has 2 N–H and O–H groups in total. The van der Waals surface area contributed by atoms with Gasteiger partial charge in [-0.2, -0.15) is 5.10 Å². The second kappa shape index (κ2) is 7.07. The summed E-state index contributed by atoms with van der Waals surface area (Å²) in [7, 11) is 0. The predicted molar refractivity (Wildman–Crippen MR) is 86.3 cm³/mol. The standard InChI is InChI=1S/C15H17N5O5/c21-13-2-1-11-9-18(5-6-25-14(11)7-13)15(22)16-3-4-19-10-12(8-17-19)20(23)24/h1-2,7-8,10,21H,3-6,9H2,(H,16,22). The molecule has 0 radical (unpaired) electrons. The van der Waals surface area contributed by atoms with Gasteiger partial charge < -0.3 is 20.1 Å². The van der Waals surface area contributed by atoms with E-state index >= 15 is 0 Å². The van der Waals surface area contributed by atoms with Crippen molar-refractivity contribution in [2.45, 2.75) is 13.1 Å². The molecule has 1 aromatic heterocycles. The van der Waals surface area contributed by atoms with Gasteiger partial charge in [-0.05, 0) is 12.1 Å². The average Bonchev–Trinajstić information content (AvgIpc) is 2.95. The highest BCUT2D eigenvalue weighted by Crippen LogP contribution is 2.27. The van der Waals surface area contributed by atoms with Crippen LogP contribution < -0.4 is 10.1 Å². The van der Waals surface area contributed by atoms with Gasteiger partial charge in [0.2, 0.25) is 0 Å². The van der Waals surface area contributed by atoms with Gasteiger partial charge in [0, 0.05) is 18.2 Å². The third-order valence-corrected chi connectivity index (χ3v) is 3.77. The lowest BCUT2D eigenvalue weighted by molar-refractivity contribution is -0.385. The lowest BCUT2D eigenvalue weighted by atomic mass is 10.2.